The topological polar surface area (TPSA) is 53.2 Å². The second kappa shape index (κ2) is 5.86. The number of aryl methyl sites for hydroxylation is 1. The van der Waals surface area contributed by atoms with Crippen LogP contribution in [-0.4, -0.2) is 22.8 Å². The summed E-state index contributed by atoms with van der Waals surface area (Å²) in [6.07, 6.45) is 9.75. The van der Waals surface area contributed by atoms with E-state index in [0.29, 0.717) is 5.92 Å². The lowest BCUT2D eigenvalue weighted by Crippen LogP contribution is -2.06. The van der Waals surface area contributed by atoms with E-state index in [9.17, 15) is 0 Å². The van der Waals surface area contributed by atoms with Gasteiger partial charge in [0, 0.05) is 23.7 Å². The zero-order valence-corrected chi connectivity index (χ0v) is 14.4. The van der Waals surface area contributed by atoms with Gasteiger partial charge >= 0.3 is 0 Å². The Kier molecular flexibility index (Phi) is 3.68. The Morgan fingerprint density at radius 1 is 1.38 bits per heavy atom. The third kappa shape index (κ3) is 2.42. The Hall–Kier alpha value is -2.49. The van der Waals surface area contributed by atoms with Gasteiger partial charge in [-0.3, -0.25) is 0 Å². The number of nitrogens with zero attached hydrogens (tertiary/aromatic N) is 1. The number of aromatic amines is 2. The van der Waals surface area contributed by atoms with E-state index in [1.807, 2.05) is 24.4 Å². The molecule has 0 fully saturated rings. The van der Waals surface area contributed by atoms with Gasteiger partial charge < -0.3 is 14.7 Å². The lowest BCUT2D eigenvalue weighted by molar-refractivity contribution is 0.303. The first kappa shape index (κ1) is 15.1. The van der Waals surface area contributed by atoms with Crippen LogP contribution in [0.3, 0.4) is 0 Å². The molecule has 0 amide bonds. The van der Waals surface area contributed by atoms with Gasteiger partial charge in [-0.25, -0.2) is 4.99 Å². The van der Waals surface area contributed by atoms with E-state index in [-0.39, 0.29) is 0 Å². The molecule has 24 heavy (non-hydrogen) atoms. The predicted octanol–water partition coefficient (Wildman–Crippen LogP) is 4.47. The molecular formula is C20H23N3O. The number of aliphatic imine (C=N–C) groups is 1. The summed E-state index contributed by atoms with van der Waals surface area (Å²) in [6.45, 7) is 4.50. The number of nitrogens with one attached hydrogen (secondary N) is 2. The summed E-state index contributed by atoms with van der Waals surface area (Å²) in [5.74, 6) is 1.40. The Balaban J connectivity index is 1.77. The minimum absolute atomic E-state index is 0.591. The molecule has 0 bridgehead atoms. The number of ether oxygens (including phenoxy) is 1. The van der Waals surface area contributed by atoms with E-state index in [1.54, 1.807) is 7.11 Å². The average molecular weight is 321 g/mol. The summed E-state index contributed by atoms with van der Waals surface area (Å²) in [7, 11) is 1.70. The monoisotopic (exact) mass is 321 g/mol. The van der Waals surface area contributed by atoms with Crippen molar-refractivity contribution in [2.75, 3.05) is 7.11 Å². The molecule has 2 aromatic heterocycles. The lowest BCUT2D eigenvalue weighted by atomic mass is 9.84. The van der Waals surface area contributed by atoms with Gasteiger partial charge in [-0.2, -0.15) is 0 Å². The van der Waals surface area contributed by atoms with Gasteiger partial charge in [0.1, 0.15) is 11.5 Å². The van der Waals surface area contributed by atoms with Crippen LogP contribution in [0.25, 0.3) is 6.08 Å². The molecule has 1 aliphatic heterocycles. The number of methoxy groups -OCH3 is 1. The van der Waals surface area contributed by atoms with Crippen LogP contribution in [0.5, 0.6) is 0 Å². The molecule has 4 heteroatoms. The molecule has 1 unspecified atom stereocenters. The average Bonchev–Trinajstić information content (AvgIpc) is 3.28. The van der Waals surface area contributed by atoms with E-state index in [0.717, 1.165) is 22.9 Å². The van der Waals surface area contributed by atoms with Crippen LogP contribution in [0.4, 0.5) is 0 Å². The predicted molar refractivity (Wildman–Crippen MR) is 97.3 cm³/mol. The fourth-order valence-electron chi connectivity index (χ4n) is 3.88. The quantitative estimate of drug-likeness (QED) is 0.861. The minimum Gasteiger partial charge on any atom is -0.494 e. The van der Waals surface area contributed by atoms with Crippen LogP contribution in [0.2, 0.25) is 0 Å². The van der Waals surface area contributed by atoms with Crippen LogP contribution in [0.1, 0.15) is 53.9 Å². The van der Waals surface area contributed by atoms with Crippen molar-refractivity contribution >= 4 is 11.8 Å². The third-order valence-corrected chi connectivity index (χ3v) is 5.08. The summed E-state index contributed by atoms with van der Waals surface area (Å²) >= 11 is 0. The second-order valence-electron chi connectivity index (χ2n) is 6.67. The molecule has 4 rings (SSSR count). The highest BCUT2D eigenvalue weighted by Crippen LogP contribution is 2.37. The SMILES string of the molecule is COC1=CC(c2ccc[nH]2)=N/C1=C\c1[nH]c(C)c2c1C(C)CCC2. The number of rotatable bonds is 3. The van der Waals surface area contributed by atoms with Gasteiger partial charge in [-0.1, -0.05) is 6.92 Å². The maximum absolute atomic E-state index is 5.55. The standard InChI is InChI=1S/C20H23N3O/c1-12-6-4-7-14-13(2)22-18(20(12)14)10-17-19(24-3)11-16(23-17)15-8-5-9-21-15/h5,8-12,21-22H,4,6-7H2,1-3H3/b17-10-. The lowest BCUT2D eigenvalue weighted by Gasteiger charge is -2.20. The maximum Gasteiger partial charge on any atom is 0.146 e. The summed E-state index contributed by atoms with van der Waals surface area (Å²) < 4.78 is 5.55. The molecule has 2 aliphatic rings. The van der Waals surface area contributed by atoms with E-state index < -0.39 is 0 Å². The minimum atomic E-state index is 0.591. The van der Waals surface area contributed by atoms with E-state index >= 15 is 0 Å². The Morgan fingerprint density at radius 3 is 3.00 bits per heavy atom. The van der Waals surface area contributed by atoms with E-state index in [2.05, 4.69) is 29.9 Å². The second-order valence-corrected chi connectivity index (χ2v) is 6.67. The molecule has 1 atom stereocenters. The Bertz CT molecular complexity index is 850. The summed E-state index contributed by atoms with van der Waals surface area (Å²) in [5.41, 5.74) is 8.23. The Labute approximate surface area is 142 Å². The summed E-state index contributed by atoms with van der Waals surface area (Å²) in [4.78, 5) is 11.5. The van der Waals surface area contributed by atoms with Gasteiger partial charge in [0.05, 0.1) is 18.5 Å². The normalized spacial score (nSPS) is 21.6. The molecule has 0 saturated heterocycles. The Morgan fingerprint density at radius 2 is 2.25 bits per heavy atom. The third-order valence-electron chi connectivity index (χ3n) is 5.08. The molecule has 0 spiro atoms. The molecule has 4 nitrogen and oxygen atoms in total. The molecule has 0 saturated carbocycles. The van der Waals surface area contributed by atoms with Crippen LogP contribution in [0.15, 0.2) is 40.9 Å². The van der Waals surface area contributed by atoms with Crippen molar-refractivity contribution in [2.45, 2.75) is 39.0 Å². The highest BCUT2D eigenvalue weighted by atomic mass is 16.5. The van der Waals surface area contributed by atoms with Crippen LogP contribution >= 0.6 is 0 Å². The van der Waals surface area contributed by atoms with Crippen LogP contribution in [-0.2, 0) is 11.2 Å². The zero-order valence-electron chi connectivity index (χ0n) is 14.4. The molecule has 124 valence electrons. The highest BCUT2D eigenvalue weighted by Gasteiger charge is 2.24. The number of aromatic nitrogens is 2. The molecular weight excluding hydrogens is 298 g/mol. The molecule has 2 N–H and O–H groups in total. The molecule has 0 radical (unpaired) electrons. The van der Waals surface area contributed by atoms with Gasteiger partial charge in [-0.05, 0) is 61.4 Å². The van der Waals surface area contributed by atoms with Crippen molar-refractivity contribution < 1.29 is 4.74 Å². The van der Waals surface area contributed by atoms with Gasteiger partial charge in [0.25, 0.3) is 0 Å². The first-order valence-electron chi connectivity index (χ1n) is 8.59. The van der Waals surface area contributed by atoms with E-state index in [1.165, 1.54) is 41.8 Å². The van der Waals surface area contributed by atoms with Gasteiger partial charge in [0.15, 0.2) is 0 Å². The van der Waals surface area contributed by atoms with Crippen LogP contribution in [0, 0.1) is 6.92 Å². The summed E-state index contributed by atoms with van der Waals surface area (Å²) in [5, 5.41) is 0. The van der Waals surface area contributed by atoms with E-state index in [4.69, 9.17) is 9.73 Å². The fraction of sp³-hybridized carbons (Fsp3) is 0.350. The van der Waals surface area contributed by atoms with Crippen molar-refractivity contribution in [1.82, 2.24) is 9.97 Å². The number of hydrogen-bond acceptors (Lipinski definition) is 2. The summed E-state index contributed by atoms with van der Waals surface area (Å²) in [6, 6.07) is 4.00. The number of hydrogen-bond donors (Lipinski definition) is 2. The molecule has 0 aromatic carbocycles. The van der Waals surface area contributed by atoms with Gasteiger partial charge in [-0.15, -0.1) is 0 Å². The zero-order chi connectivity index (χ0) is 16.7. The van der Waals surface area contributed by atoms with Crippen molar-refractivity contribution in [3.8, 4) is 0 Å². The van der Waals surface area contributed by atoms with Crippen molar-refractivity contribution in [3.05, 3.63) is 64.1 Å². The van der Waals surface area contributed by atoms with Gasteiger partial charge in [0.2, 0.25) is 0 Å². The largest absolute Gasteiger partial charge is 0.494 e. The smallest absolute Gasteiger partial charge is 0.146 e. The number of H-pyrrole nitrogens is 2. The number of fused-ring (bicyclic) bond motifs is 1. The molecule has 1 aliphatic carbocycles. The molecule has 3 heterocycles. The number of allylic oxidation sites excluding steroid dienone is 1. The maximum atomic E-state index is 5.55. The molecule has 2 aromatic rings. The van der Waals surface area contributed by atoms with Crippen LogP contribution < -0.4 is 0 Å². The van der Waals surface area contributed by atoms with Crippen molar-refractivity contribution in [3.63, 3.8) is 0 Å². The van der Waals surface area contributed by atoms with Crippen molar-refractivity contribution in [1.29, 1.82) is 0 Å². The van der Waals surface area contributed by atoms with Crippen molar-refractivity contribution in [2.24, 2.45) is 4.99 Å². The first-order chi connectivity index (χ1) is 11.7. The first-order valence-corrected chi connectivity index (χ1v) is 8.59. The fourth-order valence-corrected chi connectivity index (χ4v) is 3.88. The highest BCUT2D eigenvalue weighted by molar-refractivity contribution is 6.11.